The van der Waals surface area contributed by atoms with Gasteiger partial charge in [-0.15, -0.1) is 0 Å². The first-order valence-electron chi connectivity index (χ1n) is 7.65. The van der Waals surface area contributed by atoms with E-state index in [0.717, 1.165) is 23.3 Å². The van der Waals surface area contributed by atoms with Gasteiger partial charge in [-0.2, -0.15) is 13.2 Å². The highest BCUT2D eigenvalue weighted by Crippen LogP contribution is 2.33. The second kappa shape index (κ2) is 6.28. The van der Waals surface area contributed by atoms with Crippen LogP contribution in [0, 0.1) is 6.92 Å². The smallest absolute Gasteiger partial charge is 0.396 e. The van der Waals surface area contributed by atoms with Gasteiger partial charge < -0.3 is 9.67 Å². The van der Waals surface area contributed by atoms with Crippen molar-refractivity contribution in [3.8, 4) is 11.4 Å². The zero-order valence-corrected chi connectivity index (χ0v) is 13.1. The SMILES string of the molecule is Cc1cccc(-c2nc3cc(C(F)(F)F)ccc3n2CCCO)c1. The highest BCUT2D eigenvalue weighted by Gasteiger charge is 2.31. The van der Waals surface area contributed by atoms with Crippen LogP contribution in [0.4, 0.5) is 13.2 Å². The molecule has 1 aromatic heterocycles. The summed E-state index contributed by atoms with van der Waals surface area (Å²) in [5.41, 5.74) is 2.12. The summed E-state index contributed by atoms with van der Waals surface area (Å²) in [6.07, 6.45) is -3.89. The van der Waals surface area contributed by atoms with Crippen LogP contribution in [0.15, 0.2) is 42.5 Å². The van der Waals surface area contributed by atoms with Crippen molar-refractivity contribution in [2.75, 3.05) is 6.61 Å². The number of rotatable bonds is 4. The minimum Gasteiger partial charge on any atom is -0.396 e. The predicted molar refractivity (Wildman–Crippen MR) is 86.6 cm³/mol. The Bertz CT molecular complexity index is 868. The number of aliphatic hydroxyl groups excluding tert-OH is 1. The van der Waals surface area contributed by atoms with Crippen LogP contribution in [0.25, 0.3) is 22.4 Å². The number of hydrogen-bond donors (Lipinski definition) is 1. The van der Waals surface area contributed by atoms with Crippen molar-refractivity contribution in [2.45, 2.75) is 26.1 Å². The molecule has 0 aliphatic carbocycles. The summed E-state index contributed by atoms with van der Waals surface area (Å²) in [5.74, 6) is 0.612. The molecule has 0 saturated heterocycles. The van der Waals surface area contributed by atoms with Gasteiger partial charge in [0, 0.05) is 18.7 Å². The van der Waals surface area contributed by atoms with Gasteiger partial charge in [-0.3, -0.25) is 0 Å². The third-order valence-corrected chi connectivity index (χ3v) is 3.89. The van der Waals surface area contributed by atoms with Gasteiger partial charge in [0.2, 0.25) is 0 Å². The number of halogens is 3. The maximum Gasteiger partial charge on any atom is 0.416 e. The summed E-state index contributed by atoms with van der Waals surface area (Å²) >= 11 is 0. The van der Waals surface area contributed by atoms with Crippen molar-refractivity contribution in [2.24, 2.45) is 0 Å². The van der Waals surface area contributed by atoms with E-state index in [1.807, 2.05) is 35.8 Å². The lowest BCUT2D eigenvalue weighted by Gasteiger charge is -2.09. The molecule has 1 heterocycles. The summed E-state index contributed by atoms with van der Waals surface area (Å²) < 4.78 is 40.7. The van der Waals surface area contributed by atoms with Gasteiger partial charge >= 0.3 is 6.18 Å². The maximum atomic E-state index is 12.9. The standard InChI is InChI=1S/C18H17F3N2O/c1-12-4-2-5-13(10-12)17-22-15-11-14(18(19,20)21)6-7-16(15)23(17)8-3-9-24/h2,4-7,10-11,24H,3,8-9H2,1H3. The zero-order chi connectivity index (χ0) is 17.3. The van der Waals surface area contributed by atoms with Gasteiger partial charge in [0.15, 0.2) is 0 Å². The molecule has 0 unspecified atom stereocenters. The third kappa shape index (κ3) is 3.14. The van der Waals surface area contributed by atoms with Crippen LogP contribution in [0.5, 0.6) is 0 Å². The molecule has 0 saturated carbocycles. The van der Waals surface area contributed by atoms with E-state index in [2.05, 4.69) is 4.98 Å². The minimum atomic E-state index is -4.40. The Morgan fingerprint density at radius 2 is 1.92 bits per heavy atom. The molecular formula is C18H17F3N2O. The molecule has 126 valence electrons. The van der Waals surface area contributed by atoms with E-state index in [1.54, 1.807) is 0 Å². The number of aliphatic hydroxyl groups is 1. The van der Waals surface area contributed by atoms with Gasteiger partial charge in [0.25, 0.3) is 0 Å². The summed E-state index contributed by atoms with van der Waals surface area (Å²) in [4.78, 5) is 4.43. The molecule has 0 aliphatic rings. The molecule has 1 N–H and O–H groups in total. The summed E-state index contributed by atoms with van der Waals surface area (Å²) in [5, 5.41) is 9.11. The molecule has 0 bridgehead atoms. The fourth-order valence-electron chi connectivity index (χ4n) is 2.77. The summed E-state index contributed by atoms with van der Waals surface area (Å²) in [6, 6.07) is 11.3. The Balaban J connectivity index is 2.19. The van der Waals surface area contributed by atoms with Crippen LogP contribution in [-0.2, 0) is 12.7 Å². The maximum absolute atomic E-state index is 12.9. The van der Waals surface area contributed by atoms with Gasteiger partial charge in [0.1, 0.15) is 5.82 Å². The van der Waals surface area contributed by atoms with Gasteiger partial charge in [-0.1, -0.05) is 23.8 Å². The lowest BCUT2D eigenvalue weighted by atomic mass is 10.1. The summed E-state index contributed by atoms with van der Waals surface area (Å²) in [7, 11) is 0. The average Bonchev–Trinajstić information content (AvgIpc) is 2.90. The van der Waals surface area contributed by atoms with Crippen LogP contribution in [0.3, 0.4) is 0 Å². The number of imidazole rings is 1. The Labute approximate surface area is 137 Å². The first-order chi connectivity index (χ1) is 11.4. The third-order valence-electron chi connectivity index (χ3n) is 3.89. The highest BCUT2D eigenvalue weighted by molar-refractivity contribution is 5.81. The molecule has 3 aromatic rings. The molecule has 2 aromatic carbocycles. The molecule has 0 amide bonds. The van der Waals surface area contributed by atoms with E-state index in [9.17, 15) is 13.2 Å². The van der Waals surface area contributed by atoms with Crippen molar-refractivity contribution in [3.05, 3.63) is 53.6 Å². The normalized spacial score (nSPS) is 12.0. The van der Waals surface area contributed by atoms with E-state index < -0.39 is 11.7 Å². The molecule has 0 spiro atoms. The fraction of sp³-hybridized carbons (Fsp3) is 0.278. The quantitative estimate of drug-likeness (QED) is 0.767. The Morgan fingerprint density at radius 1 is 1.12 bits per heavy atom. The Morgan fingerprint density at radius 3 is 2.58 bits per heavy atom. The van der Waals surface area contributed by atoms with Crippen molar-refractivity contribution in [1.29, 1.82) is 0 Å². The molecule has 0 fully saturated rings. The molecule has 24 heavy (non-hydrogen) atoms. The van der Waals surface area contributed by atoms with E-state index in [-0.39, 0.29) is 6.61 Å². The van der Waals surface area contributed by atoms with Gasteiger partial charge in [-0.05, 0) is 37.6 Å². The number of benzene rings is 2. The first kappa shape index (κ1) is 16.5. The zero-order valence-electron chi connectivity index (χ0n) is 13.1. The Kier molecular flexibility index (Phi) is 4.32. The molecule has 6 heteroatoms. The lowest BCUT2D eigenvalue weighted by molar-refractivity contribution is -0.137. The summed E-state index contributed by atoms with van der Waals surface area (Å²) in [6.45, 7) is 2.45. The van der Waals surface area contributed by atoms with E-state index in [4.69, 9.17) is 5.11 Å². The number of hydrogen-bond acceptors (Lipinski definition) is 2. The van der Waals surface area contributed by atoms with Crippen molar-refractivity contribution in [3.63, 3.8) is 0 Å². The van der Waals surface area contributed by atoms with Gasteiger partial charge in [-0.25, -0.2) is 4.98 Å². The largest absolute Gasteiger partial charge is 0.416 e. The van der Waals surface area contributed by atoms with Gasteiger partial charge in [0.05, 0.1) is 16.6 Å². The van der Waals surface area contributed by atoms with Crippen molar-refractivity contribution < 1.29 is 18.3 Å². The topological polar surface area (TPSA) is 38.0 Å². The molecule has 0 aliphatic heterocycles. The predicted octanol–water partition coefficient (Wildman–Crippen LogP) is 4.41. The number of fused-ring (bicyclic) bond motifs is 1. The van der Waals surface area contributed by atoms with Crippen LogP contribution < -0.4 is 0 Å². The second-order valence-electron chi connectivity index (χ2n) is 5.73. The lowest BCUT2D eigenvalue weighted by Crippen LogP contribution is -2.05. The highest BCUT2D eigenvalue weighted by atomic mass is 19.4. The van der Waals surface area contributed by atoms with Crippen LogP contribution in [-0.4, -0.2) is 21.3 Å². The molecular weight excluding hydrogens is 317 g/mol. The van der Waals surface area contributed by atoms with Crippen LogP contribution in [0.2, 0.25) is 0 Å². The monoisotopic (exact) mass is 334 g/mol. The molecule has 3 rings (SSSR count). The average molecular weight is 334 g/mol. The number of aryl methyl sites for hydroxylation is 2. The molecule has 0 radical (unpaired) electrons. The van der Waals surface area contributed by atoms with Crippen molar-refractivity contribution in [1.82, 2.24) is 9.55 Å². The van der Waals surface area contributed by atoms with E-state index in [1.165, 1.54) is 6.07 Å². The second-order valence-corrected chi connectivity index (χ2v) is 5.73. The van der Waals surface area contributed by atoms with E-state index in [0.29, 0.717) is 29.8 Å². The number of alkyl halides is 3. The van der Waals surface area contributed by atoms with Crippen LogP contribution >= 0.6 is 0 Å². The fourth-order valence-corrected chi connectivity index (χ4v) is 2.77. The minimum absolute atomic E-state index is 0.00751. The molecule has 3 nitrogen and oxygen atoms in total. The van der Waals surface area contributed by atoms with E-state index >= 15 is 0 Å². The van der Waals surface area contributed by atoms with Crippen molar-refractivity contribution >= 4 is 11.0 Å². The number of nitrogens with zero attached hydrogens (tertiary/aromatic N) is 2. The first-order valence-corrected chi connectivity index (χ1v) is 7.65. The number of aromatic nitrogens is 2. The van der Waals surface area contributed by atoms with Crippen LogP contribution in [0.1, 0.15) is 17.5 Å². The Hall–Kier alpha value is -2.34. The molecule has 0 atom stereocenters.